The highest BCUT2D eigenvalue weighted by atomic mass is 16.6. The van der Waals surface area contributed by atoms with Crippen LogP contribution in [0.15, 0.2) is 0 Å². The van der Waals surface area contributed by atoms with Crippen molar-refractivity contribution >= 4 is 6.09 Å². The second-order valence-corrected chi connectivity index (χ2v) is 2.17. The SMILES string of the molecule is CC[CH]COC(=O)N(C)C. The third-order valence-electron chi connectivity index (χ3n) is 0.978. The molecule has 10 heavy (non-hydrogen) atoms. The van der Waals surface area contributed by atoms with Gasteiger partial charge in [0.25, 0.3) is 0 Å². The molecular formula is C7H14NO2. The highest BCUT2D eigenvalue weighted by Gasteiger charge is 2.01. The van der Waals surface area contributed by atoms with Crippen molar-refractivity contribution in [3.05, 3.63) is 6.42 Å². The van der Waals surface area contributed by atoms with E-state index in [9.17, 15) is 4.79 Å². The molecule has 0 unspecified atom stereocenters. The van der Waals surface area contributed by atoms with Crippen LogP contribution in [0.3, 0.4) is 0 Å². The number of unbranched alkanes of at least 4 members (excludes halogenated alkanes) is 1. The average Bonchev–Trinajstić information content (AvgIpc) is 1.88. The fraction of sp³-hybridized carbons (Fsp3) is 0.714. The van der Waals surface area contributed by atoms with Gasteiger partial charge in [0, 0.05) is 14.1 Å². The zero-order valence-corrected chi connectivity index (χ0v) is 6.76. The van der Waals surface area contributed by atoms with E-state index in [0.29, 0.717) is 6.61 Å². The molecule has 0 heterocycles. The standard InChI is InChI=1S/C7H14NO2/c1-4-5-6-10-7(9)8(2)3/h5H,4,6H2,1-3H3. The van der Waals surface area contributed by atoms with Gasteiger partial charge in [0.15, 0.2) is 0 Å². The Balaban J connectivity index is 3.22. The van der Waals surface area contributed by atoms with E-state index in [1.165, 1.54) is 4.90 Å². The highest BCUT2D eigenvalue weighted by molar-refractivity contribution is 5.66. The van der Waals surface area contributed by atoms with Crippen molar-refractivity contribution in [3.8, 4) is 0 Å². The van der Waals surface area contributed by atoms with E-state index < -0.39 is 0 Å². The lowest BCUT2D eigenvalue weighted by Gasteiger charge is -2.09. The average molecular weight is 144 g/mol. The molecule has 0 spiro atoms. The molecule has 0 aliphatic heterocycles. The zero-order valence-electron chi connectivity index (χ0n) is 6.76. The minimum Gasteiger partial charge on any atom is -0.449 e. The fourth-order valence-corrected chi connectivity index (χ4v) is 0.377. The van der Waals surface area contributed by atoms with E-state index in [4.69, 9.17) is 4.74 Å². The summed E-state index contributed by atoms with van der Waals surface area (Å²) in [7, 11) is 3.32. The maximum Gasteiger partial charge on any atom is 0.409 e. The Morgan fingerprint density at radius 1 is 1.60 bits per heavy atom. The quantitative estimate of drug-likeness (QED) is 0.559. The van der Waals surface area contributed by atoms with Crippen molar-refractivity contribution < 1.29 is 9.53 Å². The normalized spacial score (nSPS) is 9.10. The summed E-state index contributed by atoms with van der Waals surface area (Å²) in [6, 6.07) is 0. The Kier molecular flexibility index (Phi) is 4.72. The molecule has 0 aliphatic rings. The highest BCUT2D eigenvalue weighted by Crippen LogP contribution is 1.89. The second kappa shape index (κ2) is 5.09. The molecule has 0 aromatic rings. The maximum atomic E-state index is 10.7. The molecule has 0 aromatic heterocycles. The molecular weight excluding hydrogens is 130 g/mol. The van der Waals surface area contributed by atoms with Crippen LogP contribution in [0.25, 0.3) is 0 Å². The van der Waals surface area contributed by atoms with Gasteiger partial charge in [-0.25, -0.2) is 4.79 Å². The van der Waals surface area contributed by atoms with Gasteiger partial charge in [0.05, 0.1) is 6.61 Å². The minimum atomic E-state index is -0.287. The van der Waals surface area contributed by atoms with Gasteiger partial charge in [0.1, 0.15) is 0 Å². The summed E-state index contributed by atoms with van der Waals surface area (Å²) < 4.78 is 4.78. The Morgan fingerprint density at radius 2 is 2.20 bits per heavy atom. The van der Waals surface area contributed by atoms with Gasteiger partial charge in [0.2, 0.25) is 0 Å². The first-order valence-corrected chi connectivity index (χ1v) is 3.34. The molecule has 0 saturated heterocycles. The third kappa shape index (κ3) is 4.18. The molecule has 1 radical (unpaired) electrons. The summed E-state index contributed by atoms with van der Waals surface area (Å²) >= 11 is 0. The van der Waals surface area contributed by atoms with Gasteiger partial charge in [-0.2, -0.15) is 0 Å². The Labute approximate surface area is 62.0 Å². The molecule has 0 fully saturated rings. The van der Waals surface area contributed by atoms with Crippen molar-refractivity contribution in [1.29, 1.82) is 0 Å². The maximum absolute atomic E-state index is 10.7. The van der Waals surface area contributed by atoms with Gasteiger partial charge in [-0.3, -0.25) is 0 Å². The predicted molar refractivity (Wildman–Crippen MR) is 39.6 cm³/mol. The lowest BCUT2D eigenvalue weighted by atomic mass is 10.4. The first-order valence-electron chi connectivity index (χ1n) is 3.34. The monoisotopic (exact) mass is 144 g/mol. The number of carbonyl (C=O) groups excluding carboxylic acids is 1. The van der Waals surface area contributed by atoms with Crippen LogP contribution < -0.4 is 0 Å². The van der Waals surface area contributed by atoms with Crippen LogP contribution >= 0.6 is 0 Å². The molecule has 59 valence electrons. The predicted octanol–water partition coefficient (Wildman–Crippen LogP) is 1.30. The molecule has 3 heteroatoms. The number of amides is 1. The largest absolute Gasteiger partial charge is 0.449 e. The summed E-state index contributed by atoms with van der Waals surface area (Å²) in [5.74, 6) is 0. The van der Waals surface area contributed by atoms with E-state index in [1.54, 1.807) is 14.1 Å². The second-order valence-electron chi connectivity index (χ2n) is 2.17. The fourth-order valence-electron chi connectivity index (χ4n) is 0.377. The van der Waals surface area contributed by atoms with Crippen LogP contribution in [0.1, 0.15) is 13.3 Å². The molecule has 0 rings (SSSR count). The van der Waals surface area contributed by atoms with Crippen LogP contribution in [0.4, 0.5) is 4.79 Å². The first kappa shape index (κ1) is 9.27. The number of rotatable bonds is 3. The van der Waals surface area contributed by atoms with Crippen LogP contribution in [0, 0.1) is 6.42 Å². The van der Waals surface area contributed by atoms with Crippen LogP contribution in [0.5, 0.6) is 0 Å². The number of hydrogen-bond donors (Lipinski definition) is 0. The van der Waals surface area contributed by atoms with Crippen LogP contribution in [0.2, 0.25) is 0 Å². The molecule has 3 nitrogen and oxygen atoms in total. The van der Waals surface area contributed by atoms with Gasteiger partial charge >= 0.3 is 6.09 Å². The van der Waals surface area contributed by atoms with E-state index in [-0.39, 0.29) is 6.09 Å². The van der Waals surface area contributed by atoms with Crippen molar-refractivity contribution in [3.63, 3.8) is 0 Å². The number of nitrogens with zero attached hydrogens (tertiary/aromatic N) is 1. The zero-order chi connectivity index (χ0) is 7.98. The topological polar surface area (TPSA) is 29.5 Å². The van der Waals surface area contributed by atoms with Gasteiger partial charge in [-0.15, -0.1) is 0 Å². The smallest absolute Gasteiger partial charge is 0.409 e. The lowest BCUT2D eigenvalue weighted by Crippen LogP contribution is -2.23. The number of hydrogen-bond acceptors (Lipinski definition) is 2. The molecule has 0 aromatic carbocycles. The van der Waals surface area contributed by atoms with E-state index >= 15 is 0 Å². The van der Waals surface area contributed by atoms with Crippen LogP contribution in [-0.4, -0.2) is 31.7 Å². The molecule has 0 bridgehead atoms. The molecule has 0 saturated carbocycles. The summed E-state index contributed by atoms with van der Waals surface area (Å²) in [5, 5.41) is 0. The van der Waals surface area contributed by atoms with E-state index in [2.05, 4.69) is 0 Å². The Hall–Kier alpha value is -0.730. The first-order chi connectivity index (χ1) is 4.68. The van der Waals surface area contributed by atoms with Crippen molar-refractivity contribution in [2.45, 2.75) is 13.3 Å². The van der Waals surface area contributed by atoms with Gasteiger partial charge < -0.3 is 9.64 Å². The third-order valence-corrected chi connectivity index (χ3v) is 0.978. The summed E-state index contributed by atoms with van der Waals surface area (Å²) in [6.45, 7) is 2.41. The van der Waals surface area contributed by atoms with E-state index in [1.807, 2.05) is 13.3 Å². The molecule has 0 N–H and O–H groups in total. The lowest BCUT2D eigenvalue weighted by molar-refractivity contribution is 0.126. The van der Waals surface area contributed by atoms with Crippen molar-refractivity contribution in [1.82, 2.24) is 4.90 Å². The number of ether oxygens (including phenoxy) is 1. The van der Waals surface area contributed by atoms with Crippen molar-refractivity contribution in [2.24, 2.45) is 0 Å². The molecule has 0 atom stereocenters. The summed E-state index contributed by atoms with van der Waals surface area (Å²) in [6.07, 6.45) is 2.55. The molecule has 0 aliphatic carbocycles. The minimum absolute atomic E-state index is 0.287. The summed E-state index contributed by atoms with van der Waals surface area (Å²) in [4.78, 5) is 12.1. The Bertz CT molecular complexity index is 102. The van der Waals surface area contributed by atoms with E-state index in [0.717, 1.165) is 6.42 Å². The van der Waals surface area contributed by atoms with Crippen molar-refractivity contribution in [2.75, 3.05) is 20.7 Å². The summed E-state index contributed by atoms with van der Waals surface area (Å²) in [5.41, 5.74) is 0. The Morgan fingerprint density at radius 3 is 2.60 bits per heavy atom. The molecule has 1 amide bonds. The van der Waals surface area contributed by atoms with Gasteiger partial charge in [-0.1, -0.05) is 6.92 Å². The van der Waals surface area contributed by atoms with Gasteiger partial charge in [-0.05, 0) is 12.8 Å². The number of carbonyl (C=O) groups is 1. The van der Waals surface area contributed by atoms with Crippen LogP contribution in [-0.2, 0) is 4.74 Å².